The molecule has 0 aliphatic carbocycles. The van der Waals surface area contributed by atoms with Crippen LogP contribution in [0.5, 0.6) is 0 Å². The highest BCUT2D eigenvalue weighted by Crippen LogP contribution is 2.28. The highest BCUT2D eigenvalue weighted by molar-refractivity contribution is 7.08. The molecule has 0 N–H and O–H groups in total. The second-order valence-corrected chi connectivity index (χ2v) is 6.80. The fourth-order valence-electron chi connectivity index (χ4n) is 1.89. The first-order valence-electron chi connectivity index (χ1n) is 6.34. The molecule has 7 heteroatoms. The van der Waals surface area contributed by atoms with Crippen molar-refractivity contribution >= 4 is 52.1 Å². The summed E-state index contributed by atoms with van der Waals surface area (Å²) >= 11 is 15.3. The van der Waals surface area contributed by atoms with Crippen molar-refractivity contribution in [3.63, 3.8) is 0 Å². The molecular weight excluding hydrogens is 357 g/mol. The molecule has 0 atom stereocenters. The lowest BCUT2D eigenvalue weighted by molar-refractivity contribution is 0.848. The predicted octanol–water partition coefficient (Wildman–Crippen LogP) is 5.00. The van der Waals surface area contributed by atoms with Gasteiger partial charge in [-0.25, -0.2) is 4.68 Å². The lowest BCUT2D eigenvalue weighted by Gasteiger charge is -2.04. The average Bonchev–Trinajstić information content (AvgIpc) is 3.16. The number of hydrogen-bond acceptors (Lipinski definition) is 4. The van der Waals surface area contributed by atoms with E-state index in [4.69, 9.17) is 23.2 Å². The van der Waals surface area contributed by atoms with Gasteiger partial charge in [-0.3, -0.25) is 4.99 Å². The van der Waals surface area contributed by atoms with Crippen LogP contribution in [0.1, 0.15) is 5.56 Å². The maximum Gasteiger partial charge on any atom is 0.205 e. The van der Waals surface area contributed by atoms with Gasteiger partial charge >= 0.3 is 0 Å². The molecule has 2 aromatic heterocycles. The van der Waals surface area contributed by atoms with Crippen LogP contribution < -0.4 is 4.80 Å². The van der Waals surface area contributed by atoms with Crippen LogP contribution in [-0.4, -0.2) is 17.9 Å². The largest absolute Gasteiger partial charge is 0.261 e. The van der Waals surface area contributed by atoms with Gasteiger partial charge in [-0.05, 0) is 29.0 Å². The molecule has 3 aromatic rings. The molecule has 0 bridgehead atoms. The first-order valence-corrected chi connectivity index (χ1v) is 8.92. The Morgan fingerprint density at radius 3 is 2.68 bits per heavy atom. The van der Waals surface area contributed by atoms with Crippen molar-refractivity contribution in [2.24, 2.45) is 10.1 Å². The molecule has 0 aliphatic heterocycles. The average molecular weight is 368 g/mol. The van der Waals surface area contributed by atoms with E-state index in [-0.39, 0.29) is 0 Å². The standard InChI is InChI=1S/C15H11Cl2N3S2/c1-18-15-20(19-7-10-4-5-21-8-10)14(9-22-15)11-2-3-12(16)13(17)6-11/h2-9H,1H3. The topological polar surface area (TPSA) is 29.6 Å². The maximum atomic E-state index is 6.12. The molecule has 0 radical (unpaired) electrons. The molecule has 0 amide bonds. The van der Waals surface area contributed by atoms with Crippen LogP contribution in [0.15, 0.2) is 50.5 Å². The minimum Gasteiger partial charge on any atom is -0.261 e. The van der Waals surface area contributed by atoms with E-state index in [1.165, 1.54) is 11.3 Å². The van der Waals surface area contributed by atoms with Crippen molar-refractivity contribution in [3.8, 4) is 11.3 Å². The number of halogens is 2. The summed E-state index contributed by atoms with van der Waals surface area (Å²) in [5.74, 6) is 0. The van der Waals surface area contributed by atoms with Crippen molar-refractivity contribution in [1.29, 1.82) is 0 Å². The van der Waals surface area contributed by atoms with E-state index in [1.807, 2.05) is 45.2 Å². The van der Waals surface area contributed by atoms with E-state index < -0.39 is 0 Å². The van der Waals surface area contributed by atoms with Gasteiger partial charge in [0.25, 0.3) is 0 Å². The Balaban J connectivity index is 2.09. The normalized spacial score (nSPS) is 12.4. The maximum absolute atomic E-state index is 6.12. The molecule has 112 valence electrons. The van der Waals surface area contributed by atoms with Crippen LogP contribution in [0.2, 0.25) is 10.0 Å². The third-order valence-electron chi connectivity index (χ3n) is 2.96. The number of rotatable bonds is 3. The summed E-state index contributed by atoms with van der Waals surface area (Å²) in [4.78, 5) is 5.08. The molecule has 0 aliphatic rings. The van der Waals surface area contributed by atoms with Crippen LogP contribution >= 0.6 is 45.9 Å². The number of nitrogens with zero attached hydrogens (tertiary/aromatic N) is 3. The van der Waals surface area contributed by atoms with Crippen molar-refractivity contribution in [1.82, 2.24) is 4.68 Å². The molecule has 0 saturated carbocycles. The van der Waals surface area contributed by atoms with Gasteiger partial charge in [0, 0.05) is 23.6 Å². The Morgan fingerprint density at radius 1 is 1.14 bits per heavy atom. The monoisotopic (exact) mass is 367 g/mol. The van der Waals surface area contributed by atoms with Crippen molar-refractivity contribution in [3.05, 3.63) is 60.8 Å². The molecular formula is C15H11Cl2N3S2. The molecule has 3 nitrogen and oxygen atoms in total. The van der Waals surface area contributed by atoms with Crippen molar-refractivity contribution in [2.75, 3.05) is 7.05 Å². The summed E-state index contributed by atoms with van der Waals surface area (Å²) in [6.07, 6.45) is 1.82. The van der Waals surface area contributed by atoms with Gasteiger partial charge < -0.3 is 0 Å². The van der Waals surface area contributed by atoms with E-state index >= 15 is 0 Å². The molecule has 2 heterocycles. The zero-order valence-electron chi connectivity index (χ0n) is 11.5. The second kappa shape index (κ2) is 6.79. The van der Waals surface area contributed by atoms with E-state index in [0.717, 1.165) is 21.6 Å². The van der Waals surface area contributed by atoms with Crippen LogP contribution in [0.3, 0.4) is 0 Å². The van der Waals surface area contributed by atoms with Crippen LogP contribution in [0.25, 0.3) is 11.3 Å². The minimum atomic E-state index is 0.522. The summed E-state index contributed by atoms with van der Waals surface area (Å²) in [6, 6.07) is 7.56. The molecule has 0 fully saturated rings. The Hall–Kier alpha value is -1.40. The van der Waals surface area contributed by atoms with Gasteiger partial charge in [0.2, 0.25) is 4.80 Å². The van der Waals surface area contributed by atoms with E-state index in [0.29, 0.717) is 10.0 Å². The SMILES string of the molecule is CN=c1scc(-c2ccc(Cl)c(Cl)c2)n1N=Cc1ccsc1. The van der Waals surface area contributed by atoms with E-state index in [9.17, 15) is 0 Å². The molecule has 22 heavy (non-hydrogen) atoms. The van der Waals surface area contributed by atoms with Gasteiger partial charge in [0.15, 0.2) is 0 Å². The van der Waals surface area contributed by atoms with Crippen molar-refractivity contribution in [2.45, 2.75) is 0 Å². The van der Waals surface area contributed by atoms with Gasteiger partial charge in [-0.15, -0.1) is 11.3 Å². The first kappa shape index (κ1) is 15.5. The Kier molecular flexibility index (Phi) is 4.78. The summed E-state index contributed by atoms with van der Waals surface area (Å²) in [5, 5.41) is 11.7. The minimum absolute atomic E-state index is 0.522. The van der Waals surface area contributed by atoms with Crippen LogP contribution in [-0.2, 0) is 0 Å². The van der Waals surface area contributed by atoms with Gasteiger partial charge in [0.05, 0.1) is 22.0 Å². The third-order valence-corrected chi connectivity index (χ3v) is 5.31. The van der Waals surface area contributed by atoms with Gasteiger partial charge in [-0.2, -0.15) is 16.4 Å². The fourth-order valence-corrected chi connectivity index (χ4v) is 3.60. The summed E-state index contributed by atoms with van der Waals surface area (Å²) in [7, 11) is 1.75. The molecule has 1 aromatic carbocycles. The van der Waals surface area contributed by atoms with Crippen molar-refractivity contribution < 1.29 is 0 Å². The number of benzene rings is 1. The van der Waals surface area contributed by atoms with E-state index in [1.54, 1.807) is 24.5 Å². The smallest absolute Gasteiger partial charge is 0.205 e. The van der Waals surface area contributed by atoms with Gasteiger partial charge in [-0.1, -0.05) is 29.3 Å². The lowest BCUT2D eigenvalue weighted by atomic mass is 10.2. The number of thiophene rings is 1. The molecule has 0 unspecified atom stereocenters. The molecule has 3 rings (SSSR count). The number of hydrogen-bond donors (Lipinski definition) is 0. The molecule has 0 spiro atoms. The molecule has 0 saturated heterocycles. The Morgan fingerprint density at radius 2 is 2.00 bits per heavy atom. The van der Waals surface area contributed by atoms with Crippen LogP contribution in [0.4, 0.5) is 0 Å². The van der Waals surface area contributed by atoms with Crippen LogP contribution in [0, 0.1) is 0 Å². The summed E-state index contributed by atoms with van der Waals surface area (Å²) in [5.41, 5.74) is 2.93. The number of thiazole rings is 1. The zero-order valence-corrected chi connectivity index (χ0v) is 14.7. The number of aromatic nitrogens is 1. The Labute approximate surface area is 145 Å². The Bertz CT molecular complexity index is 877. The zero-order chi connectivity index (χ0) is 15.5. The summed E-state index contributed by atoms with van der Waals surface area (Å²) in [6.45, 7) is 0. The highest BCUT2D eigenvalue weighted by Gasteiger charge is 2.09. The first-order chi connectivity index (χ1) is 10.7. The van der Waals surface area contributed by atoms with E-state index in [2.05, 4.69) is 10.1 Å². The summed E-state index contributed by atoms with van der Waals surface area (Å²) < 4.78 is 1.81. The fraction of sp³-hybridized carbons (Fsp3) is 0.0667. The highest BCUT2D eigenvalue weighted by atomic mass is 35.5. The quantitative estimate of drug-likeness (QED) is 0.583. The van der Waals surface area contributed by atoms with Gasteiger partial charge in [0.1, 0.15) is 0 Å². The predicted molar refractivity (Wildman–Crippen MR) is 96.6 cm³/mol. The lowest BCUT2D eigenvalue weighted by Crippen LogP contribution is -2.11. The second-order valence-electron chi connectivity index (χ2n) is 4.37. The third kappa shape index (κ3) is 3.17.